The van der Waals surface area contributed by atoms with Crippen LogP contribution in [0.1, 0.15) is 38.5 Å². The van der Waals surface area contributed by atoms with E-state index in [0.717, 1.165) is 65.8 Å². The molecule has 1 aromatic heterocycles. The van der Waals surface area contributed by atoms with Gasteiger partial charge in [-0.25, -0.2) is 23.4 Å². The zero-order chi connectivity index (χ0) is 47.5. The molecule has 0 spiro atoms. The standard InChI is InChI=1S/C19H15FN2O4.C14H13ClFN3O3S2.C3H8NO5P.C3H9S/c1-2-7-21-15-9-14(13(20)8-16(15)26-10-17(21)23)22-18(24)11-5-3-4-6-12(11)19(22)25;15-8-5-9(16)10(6-11(8)23-7-12(20)21)17-13-18-3-1-2-4-19(18)14(22)24-13;5-3(6)1-4-2-10(7,8)9;1-4(2)3/h1,8-9H,3-7,10H2;5-6H,1-4,7H2,(H,20,21);4H,1-2H2,(H,5,6)(H2,7,8,9);1-3H3/q;;;+1/p-1. The van der Waals surface area contributed by atoms with Gasteiger partial charge in [0.05, 0.1) is 60.3 Å². The fourth-order valence-electron chi connectivity index (χ4n) is 6.28. The summed E-state index contributed by atoms with van der Waals surface area (Å²) in [6.45, 7) is 0.551. The Morgan fingerprint density at radius 3 is 2.16 bits per heavy atom. The van der Waals surface area contributed by atoms with E-state index in [1.54, 1.807) is 9.36 Å². The number of thioether (sulfide) groups is 1. The Balaban J connectivity index is 0.000000218. The Bertz CT molecular complexity index is 2520. The number of carbonyl (C=O) groups excluding carboxylic acids is 3. The molecule has 4 heterocycles. The molecule has 25 heteroatoms. The van der Waals surface area contributed by atoms with Crippen LogP contribution in [0.5, 0.6) is 5.75 Å². The van der Waals surface area contributed by atoms with Crippen LogP contribution in [0.4, 0.5) is 25.8 Å². The number of anilines is 2. The van der Waals surface area contributed by atoms with Gasteiger partial charge in [0.2, 0.25) is 4.80 Å². The summed E-state index contributed by atoms with van der Waals surface area (Å²) in [6, 6.07) is 4.89. The number of hydrogen-bond acceptors (Lipinski definition) is 13. The van der Waals surface area contributed by atoms with Crippen LogP contribution in [-0.2, 0) is 52.5 Å². The highest BCUT2D eigenvalue weighted by Gasteiger charge is 2.41. The number of rotatable bonds is 10. The van der Waals surface area contributed by atoms with E-state index in [4.69, 9.17) is 37.9 Å². The predicted octanol–water partition coefficient (Wildman–Crippen LogP) is 3.29. The number of imide groups is 1. The van der Waals surface area contributed by atoms with Gasteiger partial charge in [0, 0.05) is 35.2 Å². The second-order valence-electron chi connectivity index (χ2n) is 14.3. The summed E-state index contributed by atoms with van der Waals surface area (Å²) in [6.07, 6.45) is 15.8. The quantitative estimate of drug-likeness (QED) is 0.0749. The van der Waals surface area contributed by atoms with E-state index < -0.39 is 55.8 Å². The predicted molar refractivity (Wildman–Crippen MR) is 237 cm³/mol. The first kappa shape index (κ1) is 51.8. The summed E-state index contributed by atoms with van der Waals surface area (Å²) in [5.74, 6) is -2.56. The summed E-state index contributed by atoms with van der Waals surface area (Å²) in [5.41, 5.74) is 1.03. The molecule has 346 valence electrons. The lowest BCUT2D eigenvalue weighted by Gasteiger charge is -2.29. The summed E-state index contributed by atoms with van der Waals surface area (Å²) in [7, 11) is -3.71. The third-order valence-electron chi connectivity index (χ3n) is 8.90. The Kier molecular flexibility index (Phi) is 19.0. The zero-order valence-electron chi connectivity index (χ0n) is 34.6. The second-order valence-corrected chi connectivity index (χ2v) is 20.7. The van der Waals surface area contributed by atoms with E-state index in [1.807, 2.05) is 5.32 Å². The molecule has 3 amide bonds. The molecule has 1 unspecified atom stereocenters. The van der Waals surface area contributed by atoms with Crippen LogP contribution in [0.3, 0.4) is 0 Å². The minimum absolute atomic E-state index is 0.0170. The molecule has 0 bridgehead atoms. The van der Waals surface area contributed by atoms with Crippen molar-refractivity contribution >= 4 is 99.9 Å². The van der Waals surface area contributed by atoms with Gasteiger partial charge in [0.25, 0.3) is 17.7 Å². The van der Waals surface area contributed by atoms with E-state index in [0.29, 0.717) is 57.7 Å². The third-order valence-corrected chi connectivity index (χ3v) is 11.9. The largest absolute Gasteiger partial charge is 0.778 e. The maximum absolute atomic E-state index is 14.7. The summed E-state index contributed by atoms with van der Waals surface area (Å²) in [5, 5.41) is 18.9. The average molecular weight is 989 g/mol. The van der Waals surface area contributed by atoms with Crippen LogP contribution in [-0.4, -0.2) is 105 Å². The maximum atomic E-state index is 14.7. The number of carbonyl (C=O) groups is 5. The number of nitrogens with one attached hydrogen (secondary N) is 1. The molecule has 4 N–H and O–H groups in total. The highest BCUT2D eigenvalue weighted by atomic mass is 35.5. The number of halogens is 3. The van der Waals surface area contributed by atoms with Gasteiger partial charge in [-0.05, 0) is 79.0 Å². The van der Waals surface area contributed by atoms with Crippen LogP contribution in [0, 0.1) is 24.0 Å². The Morgan fingerprint density at radius 2 is 1.59 bits per heavy atom. The van der Waals surface area contributed by atoms with Crippen LogP contribution < -0.4 is 34.4 Å². The maximum Gasteiger partial charge on any atom is 0.325 e. The van der Waals surface area contributed by atoms with Crippen LogP contribution in [0.15, 0.2) is 50.1 Å². The Hall–Kier alpha value is -4.79. The molecule has 0 fully saturated rings. The van der Waals surface area contributed by atoms with E-state index in [-0.39, 0.29) is 57.5 Å². The minimum Gasteiger partial charge on any atom is -0.778 e. The fraction of sp³-hybridized carbons (Fsp3) is 0.410. The van der Waals surface area contributed by atoms with E-state index in [9.17, 15) is 47.0 Å². The van der Waals surface area contributed by atoms with Crippen molar-refractivity contribution in [3.05, 3.63) is 66.5 Å². The lowest BCUT2D eigenvalue weighted by atomic mass is 9.93. The van der Waals surface area contributed by atoms with Crippen molar-refractivity contribution in [1.82, 2.24) is 14.7 Å². The zero-order valence-corrected chi connectivity index (χ0v) is 38.7. The molecule has 4 aliphatic rings. The molecule has 3 aromatic rings. The molecule has 1 aliphatic carbocycles. The number of nitrogens with zero attached hydrogens (tertiary/aromatic N) is 5. The number of amides is 3. The monoisotopic (exact) mass is 988 g/mol. The van der Waals surface area contributed by atoms with Gasteiger partial charge >= 0.3 is 16.8 Å². The van der Waals surface area contributed by atoms with Gasteiger partial charge < -0.3 is 29.3 Å². The highest BCUT2D eigenvalue weighted by molar-refractivity contribution is 8.00. The van der Waals surface area contributed by atoms with Crippen LogP contribution >= 0.6 is 42.3 Å². The number of aliphatic carboxylic acids is 2. The number of terminal acetylenes is 1. The lowest BCUT2D eigenvalue weighted by Crippen LogP contribution is -2.39. The lowest BCUT2D eigenvalue weighted by molar-refractivity contribution is -0.193. The van der Waals surface area contributed by atoms with Crippen molar-refractivity contribution in [2.45, 2.75) is 56.5 Å². The molecule has 1 atom stereocenters. The summed E-state index contributed by atoms with van der Waals surface area (Å²) < 4.78 is 47.4. The van der Waals surface area contributed by atoms with Crippen molar-refractivity contribution in [2.75, 3.05) is 60.3 Å². The van der Waals surface area contributed by atoms with E-state index in [2.05, 4.69) is 29.7 Å². The Morgan fingerprint density at radius 1 is 0.984 bits per heavy atom. The number of hydrogen-bond donors (Lipinski definition) is 4. The molecule has 0 saturated carbocycles. The topological polar surface area (TPSA) is 253 Å². The number of carboxylic acid groups (broad SMARTS) is 2. The van der Waals surface area contributed by atoms with Gasteiger partial charge in [-0.1, -0.05) is 17.5 Å². The molecule has 7 rings (SSSR count). The van der Waals surface area contributed by atoms with Crippen LogP contribution in [0.2, 0.25) is 5.02 Å². The normalized spacial score (nSPS) is 16.4. The first-order valence-corrected chi connectivity index (χ1v) is 25.5. The van der Waals surface area contributed by atoms with Crippen molar-refractivity contribution in [3.8, 4) is 18.1 Å². The van der Waals surface area contributed by atoms with Gasteiger partial charge in [0.1, 0.15) is 24.8 Å². The smallest absolute Gasteiger partial charge is 0.325 e. The molecule has 18 nitrogen and oxygen atoms in total. The van der Waals surface area contributed by atoms with E-state index in [1.165, 1.54) is 17.0 Å². The number of carboxylic acids is 2. The molecular weight excluding hydrogens is 945 g/mol. The fourth-order valence-corrected chi connectivity index (χ4v) is 8.55. The van der Waals surface area contributed by atoms with Gasteiger partial charge in [-0.2, -0.15) is 0 Å². The molecule has 3 aliphatic heterocycles. The van der Waals surface area contributed by atoms with Crippen molar-refractivity contribution in [3.63, 3.8) is 0 Å². The highest BCUT2D eigenvalue weighted by Crippen LogP contribution is 2.42. The SMILES string of the molecule is C#CCN1C(=O)COc2cc(F)c(N3C(=O)C4=C(CCCC4)C3=O)cc21.C[S+](C)C.O=C(O)CNCP(=O)([O-])O.O=C(O)CSc1cc(N=c2sc(=O)n3n2CCCC3)c(F)cc1Cl. The number of benzene rings is 2. The molecule has 2 aromatic carbocycles. The molecule has 0 radical (unpaired) electrons. The summed E-state index contributed by atoms with van der Waals surface area (Å²) >= 11 is 7.91. The van der Waals surface area contributed by atoms with Gasteiger partial charge in [-0.3, -0.25) is 43.7 Å². The number of aromatic nitrogens is 2. The van der Waals surface area contributed by atoms with Crippen molar-refractivity contribution in [2.24, 2.45) is 4.99 Å². The average Bonchev–Trinajstić information content (AvgIpc) is 3.67. The van der Waals surface area contributed by atoms with Gasteiger partial charge in [0.15, 0.2) is 12.4 Å². The number of fused-ring (bicyclic) bond motifs is 2. The molecule has 0 saturated heterocycles. The molecular formula is C39H44ClF2N6O12PS3. The van der Waals surface area contributed by atoms with E-state index >= 15 is 0 Å². The van der Waals surface area contributed by atoms with Crippen molar-refractivity contribution in [1.29, 1.82) is 0 Å². The van der Waals surface area contributed by atoms with Crippen LogP contribution in [0.25, 0.3) is 0 Å². The first-order valence-electron chi connectivity index (χ1n) is 19.1. The third kappa shape index (κ3) is 14.1. The minimum atomic E-state index is -4.35. The summed E-state index contributed by atoms with van der Waals surface area (Å²) in [4.78, 5) is 95.0. The first-order chi connectivity index (χ1) is 30.1. The Labute approximate surface area is 381 Å². The number of ether oxygens (including phenoxy) is 1. The van der Waals surface area contributed by atoms with Gasteiger partial charge in [-0.15, -0.1) is 18.2 Å². The van der Waals surface area contributed by atoms with Crippen molar-refractivity contribution < 1.29 is 62.1 Å². The molecule has 64 heavy (non-hydrogen) atoms. The second kappa shape index (κ2) is 23.4.